The molecule has 1 spiro atoms. The molecule has 34 heavy (non-hydrogen) atoms. The van der Waals surface area contributed by atoms with Crippen molar-refractivity contribution in [3.8, 4) is 0 Å². The molecule has 3 fully saturated rings. The highest BCUT2D eigenvalue weighted by molar-refractivity contribution is 6.00. The Bertz CT molecular complexity index is 1020. The van der Waals surface area contributed by atoms with Crippen LogP contribution in [0.2, 0.25) is 0 Å². The first-order valence-electron chi connectivity index (χ1n) is 12.1. The number of amides is 3. The van der Waals surface area contributed by atoms with E-state index >= 15 is 0 Å². The van der Waals surface area contributed by atoms with Crippen molar-refractivity contribution in [2.24, 2.45) is 11.8 Å². The van der Waals surface area contributed by atoms with Gasteiger partial charge >= 0.3 is 0 Å². The highest BCUT2D eigenvalue weighted by atomic mass is 19.1. The van der Waals surface area contributed by atoms with Gasteiger partial charge < -0.3 is 20.3 Å². The third-order valence-electron chi connectivity index (χ3n) is 7.58. The molecule has 5 rings (SSSR count). The average molecular weight is 468 g/mol. The van der Waals surface area contributed by atoms with Crippen molar-refractivity contribution < 1.29 is 23.5 Å². The molecular formula is C26H30FN3O4. The van der Waals surface area contributed by atoms with E-state index in [1.54, 1.807) is 30.4 Å². The van der Waals surface area contributed by atoms with Crippen LogP contribution < -0.4 is 10.6 Å². The molecule has 5 atom stereocenters. The molecule has 0 unspecified atom stereocenters. The van der Waals surface area contributed by atoms with E-state index in [0.29, 0.717) is 0 Å². The van der Waals surface area contributed by atoms with Crippen LogP contribution in [0.4, 0.5) is 4.39 Å². The summed E-state index contributed by atoms with van der Waals surface area (Å²) < 4.78 is 19.5. The zero-order valence-electron chi connectivity index (χ0n) is 19.0. The van der Waals surface area contributed by atoms with E-state index in [9.17, 15) is 18.8 Å². The van der Waals surface area contributed by atoms with Crippen molar-refractivity contribution in [2.75, 3.05) is 6.54 Å². The van der Waals surface area contributed by atoms with Crippen LogP contribution in [0, 0.1) is 17.7 Å². The molecule has 3 heterocycles. The van der Waals surface area contributed by atoms with E-state index in [1.165, 1.54) is 23.5 Å². The van der Waals surface area contributed by atoms with Gasteiger partial charge in [0.2, 0.25) is 17.7 Å². The Morgan fingerprint density at radius 1 is 1.18 bits per heavy atom. The van der Waals surface area contributed by atoms with Crippen molar-refractivity contribution in [2.45, 2.75) is 62.4 Å². The first kappa shape index (κ1) is 22.8. The van der Waals surface area contributed by atoms with Gasteiger partial charge in [-0.25, -0.2) is 4.39 Å². The van der Waals surface area contributed by atoms with Gasteiger partial charge in [-0.2, -0.15) is 0 Å². The van der Waals surface area contributed by atoms with Gasteiger partial charge in [0, 0.05) is 19.1 Å². The van der Waals surface area contributed by atoms with E-state index in [1.807, 2.05) is 0 Å². The number of nitrogens with zero attached hydrogens (tertiary/aromatic N) is 1. The Balaban J connectivity index is 1.37. The number of hydrogen-bond donors (Lipinski definition) is 2. The first-order valence-corrected chi connectivity index (χ1v) is 12.1. The summed E-state index contributed by atoms with van der Waals surface area (Å²) in [5.41, 5.74) is -0.415. The molecule has 1 aromatic carbocycles. The summed E-state index contributed by atoms with van der Waals surface area (Å²) in [4.78, 5) is 41.8. The molecule has 3 aliphatic heterocycles. The summed E-state index contributed by atoms with van der Waals surface area (Å²) in [6, 6.07) is 5.13. The maximum Gasteiger partial charge on any atom is 0.246 e. The summed E-state index contributed by atoms with van der Waals surface area (Å²) in [5, 5.41) is 6.01. The van der Waals surface area contributed by atoms with Gasteiger partial charge in [-0.05, 0) is 30.5 Å². The molecule has 8 heteroatoms. The number of halogens is 1. The zero-order valence-corrected chi connectivity index (χ0v) is 19.0. The van der Waals surface area contributed by atoms with Gasteiger partial charge in [0.25, 0.3) is 0 Å². The van der Waals surface area contributed by atoms with Gasteiger partial charge in [-0.3, -0.25) is 14.4 Å². The lowest BCUT2D eigenvalue weighted by molar-refractivity contribution is -0.141. The predicted octanol–water partition coefficient (Wildman–Crippen LogP) is 2.23. The fraction of sp³-hybridized carbons (Fsp3) is 0.500. The predicted molar refractivity (Wildman–Crippen MR) is 123 cm³/mol. The molecular weight excluding hydrogens is 437 g/mol. The number of carbonyl (C=O) groups excluding carboxylic acids is 3. The van der Waals surface area contributed by atoms with Crippen LogP contribution in [0.25, 0.3) is 0 Å². The van der Waals surface area contributed by atoms with Gasteiger partial charge in [-0.1, -0.05) is 49.6 Å². The topological polar surface area (TPSA) is 87.7 Å². The Morgan fingerprint density at radius 3 is 2.62 bits per heavy atom. The second-order valence-electron chi connectivity index (χ2n) is 9.67. The van der Waals surface area contributed by atoms with Crippen LogP contribution in [0.1, 0.15) is 37.7 Å². The quantitative estimate of drug-likeness (QED) is 0.602. The van der Waals surface area contributed by atoms with Crippen LogP contribution in [0.15, 0.2) is 49.1 Å². The molecule has 1 aromatic rings. The fourth-order valence-corrected chi connectivity index (χ4v) is 6.04. The summed E-state index contributed by atoms with van der Waals surface area (Å²) in [6.45, 7) is 4.16. The minimum Gasteiger partial charge on any atom is -0.359 e. The molecule has 2 bridgehead atoms. The number of benzene rings is 1. The lowest BCUT2D eigenvalue weighted by Gasteiger charge is -2.33. The van der Waals surface area contributed by atoms with E-state index in [2.05, 4.69) is 17.2 Å². The second kappa shape index (κ2) is 8.98. The van der Waals surface area contributed by atoms with Gasteiger partial charge in [0.15, 0.2) is 0 Å². The number of likely N-dealkylation sites (tertiary alicyclic amines) is 1. The van der Waals surface area contributed by atoms with Gasteiger partial charge in [0.05, 0.1) is 17.9 Å². The third kappa shape index (κ3) is 3.74. The van der Waals surface area contributed by atoms with E-state index in [-0.39, 0.29) is 42.7 Å². The van der Waals surface area contributed by atoms with Crippen LogP contribution in [0.3, 0.4) is 0 Å². The lowest BCUT2D eigenvalue weighted by Crippen LogP contribution is -2.56. The second-order valence-corrected chi connectivity index (χ2v) is 9.67. The van der Waals surface area contributed by atoms with Crippen molar-refractivity contribution in [1.82, 2.24) is 15.5 Å². The summed E-state index contributed by atoms with van der Waals surface area (Å²) >= 11 is 0. The number of fused-ring (bicyclic) bond motifs is 1. The molecule has 1 aliphatic carbocycles. The Kier molecular flexibility index (Phi) is 6.02. The summed E-state index contributed by atoms with van der Waals surface area (Å²) in [6.07, 6.45) is 9.80. The standard InChI is InChI=1S/C26H30FN3O4/c1-2-14-30-22(24(32)29-18-6-4-3-5-7-18)26-13-12-19(34-26)20(21(26)25(30)33)23(31)28-15-16-8-10-17(27)11-9-16/h2,8-13,18-22H,1,3-7,14-15H2,(H,28,31)(H,29,32)/t19-,20+,21+,22-,26+/m1/s1. The smallest absolute Gasteiger partial charge is 0.246 e. The Morgan fingerprint density at radius 2 is 1.91 bits per heavy atom. The molecule has 2 saturated heterocycles. The van der Waals surface area contributed by atoms with Crippen LogP contribution in [-0.2, 0) is 25.7 Å². The minimum atomic E-state index is -1.17. The van der Waals surface area contributed by atoms with E-state index in [0.717, 1.165) is 31.2 Å². The number of carbonyl (C=O) groups is 3. The van der Waals surface area contributed by atoms with Crippen LogP contribution in [-0.4, -0.2) is 53.0 Å². The van der Waals surface area contributed by atoms with Crippen molar-refractivity contribution in [1.29, 1.82) is 0 Å². The maximum atomic E-state index is 13.6. The van der Waals surface area contributed by atoms with Gasteiger partial charge in [-0.15, -0.1) is 6.58 Å². The van der Waals surface area contributed by atoms with Gasteiger partial charge in [0.1, 0.15) is 17.5 Å². The molecule has 0 aromatic heterocycles. The number of rotatable bonds is 7. The van der Waals surface area contributed by atoms with Crippen LogP contribution in [0.5, 0.6) is 0 Å². The normalized spacial score (nSPS) is 32.0. The van der Waals surface area contributed by atoms with Crippen molar-refractivity contribution in [3.63, 3.8) is 0 Å². The number of nitrogens with one attached hydrogen (secondary N) is 2. The van der Waals surface area contributed by atoms with Crippen molar-refractivity contribution >= 4 is 17.7 Å². The monoisotopic (exact) mass is 467 g/mol. The van der Waals surface area contributed by atoms with E-state index < -0.39 is 29.6 Å². The summed E-state index contributed by atoms with van der Waals surface area (Å²) in [7, 11) is 0. The van der Waals surface area contributed by atoms with Crippen molar-refractivity contribution in [3.05, 3.63) is 60.5 Å². The highest BCUT2D eigenvalue weighted by Crippen LogP contribution is 2.55. The lowest BCUT2D eigenvalue weighted by atomic mass is 9.74. The zero-order chi connectivity index (χ0) is 23.9. The summed E-state index contributed by atoms with van der Waals surface area (Å²) in [5.74, 6) is -2.68. The number of hydrogen-bond acceptors (Lipinski definition) is 4. The number of ether oxygens (including phenoxy) is 1. The fourth-order valence-electron chi connectivity index (χ4n) is 6.04. The first-order chi connectivity index (χ1) is 16.4. The molecule has 3 amide bonds. The average Bonchev–Trinajstić information content (AvgIpc) is 3.47. The molecule has 0 radical (unpaired) electrons. The maximum absolute atomic E-state index is 13.6. The third-order valence-corrected chi connectivity index (χ3v) is 7.58. The minimum absolute atomic E-state index is 0.0924. The SMILES string of the molecule is C=CCN1C(=O)[C@@H]2[C@@H](C(=O)NCc3ccc(F)cc3)[C@H]3C=C[C@@]2(O3)[C@H]1C(=O)NC1CCCCC1. The highest BCUT2D eigenvalue weighted by Gasteiger charge is 2.72. The molecule has 2 N–H and O–H groups in total. The van der Waals surface area contributed by atoms with Crippen LogP contribution >= 0.6 is 0 Å². The largest absolute Gasteiger partial charge is 0.359 e. The molecule has 7 nitrogen and oxygen atoms in total. The molecule has 1 saturated carbocycles. The van der Waals surface area contributed by atoms with E-state index in [4.69, 9.17) is 4.74 Å². The Labute approximate surface area is 198 Å². The Hall–Kier alpha value is -3.00. The molecule has 4 aliphatic rings. The molecule has 180 valence electrons.